The quantitative estimate of drug-likeness (QED) is 0.525. The van der Waals surface area contributed by atoms with Gasteiger partial charge >= 0.3 is 12.0 Å². The summed E-state index contributed by atoms with van der Waals surface area (Å²) in [5.41, 5.74) is -4.06. The van der Waals surface area contributed by atoms with E-state index in [2.05, 4.69) is 9.47 Å². The van der Waals surface area contributed by atoms with Crippen LogP contribution in [0.15, 0.2) is 0 Å². The molecule has 0 aromatic heterocycles. The zero-order valence-electron chi connectivity index (χ0n) is 11.7. The topological polar surface area (TPSA) is 42.2 Å². The molecule has 0 atom stereocenters. The predicted molar refractivity (Wildman–Crippen MR) is 60.7 cm³/mol. The van der Waals surface area contributed by atoms with E-state index in [-0.39, 0.29) is 6.42 Å². The van der Waals surface area contributed by atoms with Crippen LogP contribution in [0, 0.1) is 16.9 Å². The van der Waals surface area contributed by atoms with Crippen LogP contribution < -0.4 is 0 Å². The molecule has 0 aliphatic rings. The minimum atomic E-state index is -3.73. The highest BCUT2D eigenvalue weighted by molar-refractivity contribution is 4.91. The smallest absolute Gasteiger partial charge is 0.361 e. The van der Waals surface area contributed by atoms with E-state index in [1.807, 2.05) is 0 Å². The van der Waals surface area contributed by atoms with Gasteiger partial charge in [-0.05, 0) is 20.3 Å². The molecule has 0 unspecified atom stereocenters. The molecule has 0 fully saturated rings. The van der Waals surface area contributed by atoms with Crippen molar-refractivity contribution in [1.29, 1.82) is 5.26 Å². The third-order valence-corrected chi connectivity index (χ3v) is 3.25. The Morgan fingerprint density at radius 3 is 1.89 bits per heavy atom. The SMILES string of the molecule is CCC(C)(C)C(F)(F)OC(C)(C)C(F)(F)COC#N. The lowest BCUT2D eigenvalue weighted by Gasteiger charge is -2.41. The van der Waals surface area contributed by atoms with Gasteiger partial charge in [0.2, 0.25) is 0 Å². The molecule has 19 heavy (non-hydrogen) atoms. The molecule has 0 bridgehead atoms. The van der Waals surface area contributed by atoms with Crippen LogP contribution in [0.4, 0.5) is 17.6 Å². The largest absolute Gasteiger partial charge is 0.421 e. The van der Waals surface area contributed by atoms with Gasteiger partial charge in [0.15, 0.2) is 6.61 Å². The van der Waals surface area contributed by atoms with E-state index in [1.54, 1.807) is 0 Å². The summed E-state index contributed by atoms with van der Waals surface area (Å²) in [5.74, 6) is -3.73. The maximum absolute atomic E-state index is 13.9. The van der Waals surface area contributed by atoms with Gasteiger partial charge in [-0.1, -0.05) is 20.8 Å². The number of ether oxygens (including phenoxy) is 2. The van der Waals surface area contributed by atoms with E-state index < -0.39 is 29.7 Å². The second-order valence-electron chi connectivity index (χ2n) is 5.45. The number of hydrogen-bond acceptors (Lipinski definition) is 3. The van der Waals surface area contributed by atoms with Crippen molar-refractivity contribution < 1.29 is 27.0 Å². The normalized spacial score (nSPS) is 14.1. The lowest BCUT2D eigenvalue weighted by Crippen LogP contribution is -2.54. The maximum Gasteiger partial charge on any atom is 0.361 e. The average Bonchev–Trinajstić information content (AvgIpc) is 2.24. The second kappa shape index (κ2) is 5.53. The lowest BCUT2D eigenvalue weighted by atomic mass is 9.88. The van der Waals surface area contributed by atoms with E-state index in [1.165, 1.54) is 20.8 Å². The minimum Gasteiger partial charge on any atom is -0.421 e. The fraction of sp³-hybridized carbons (Fsp3) is 0.917. The Hall–Kier alpha value is -1.03. The summed E-state index contributed by atoms with van der Waals surface area (Å²) in [6.45, 7) is 4.35. The van der Waals surface area contributed by atoms with Crippen molar-refractivity contribution in [3.63, 3.8) is 0 Å². The summed E-state index contributed by atoms with van der Waals surface area (Å²) in [7, 11) is 0. The van der Waals surface area contributed by atoms with Crippen molar-refractivity contribution in [2.75, 3.05) is 6.61 Å². The van der Waals surface area contributed by atoms with Gasteiger partial charge in [0.25, 0.3) is 6.26 Å². The number of alkyl halides is 4. The molecule has 0 radical (unpaired) electrons. The van der Waals surface area contributed by atoms with Crippen molar-refractivity contribution in [2.45, 2.75) is 58.7 Å². The Kier molecular flexibility index (Phi) is 5.23. The van der Waals surface area contributed by atoms with Gasteiger partial charge in [0, 0.05) is 0 Å². The van der Waals surface area contributed by atoms with E-state index >= 15 is 0 Å². The molecule has 0 aliphatic carbocycles. The van der Waals surface area contributed by atoms with Gasteiger partial charge in [-0.15, -0.1) is 0 Å². The van der Waals surface area contributed by atoms with E-state index in [0.717, 1.165) is 20.1 Å². The van der Waals surface area contributed by atoms with Gasteiger partial charge < -0.3 is 9.47 Å². The Morgan fingerprint density at radius 2 is 1.53 bits per heavy atom. The van der Waals surface area contributed by atoms with Crippen molar-refractivity contribution in [2.24, 2.45) is 5.41 Å². The highest BCUT2D eigenvalue weighted by Crippen LogP contribution is 2.45. The summed E-state index contributed by atoms with van der Waals surface area (Å²) in [6.07, 6.45) is -2.61. The fourth-order valence-corrected chi connectivity index (χ4v) is 1.04. The first-order chi connectivity index (χ1) is 8.33. The molecule has 0 rings (SSSR count). The summed E-state index contributed by atoms with van der Waals surface area (Å²) in [4.78, 5) is 0. The Labute approximate surface area is 110 Å². The summed E-state index contributed by atoms with van der Waals surface area (Å²) >= 11 is 0. The molecule has 0 saturated carbocycles. The van der Waals surface area contributed by atoms with Crippen LogP contribution in [-0.2, 0) is 9.47 Å². The van der Waals surface area contributed by atoms with Crippen molar-refractivity contribution in [3.05, 3.63) is 0 Å². The lowest BCUT2D eigenvalue weighted by molar-refractivity contribution is -0.372. The number of hydrogen-bond donors (Lipinski definition) is 0. The molecular formula is C12H19F4NO2. The van der Waals surface area contributed by atoms with E-state index in [0.29, 0.717) is 0 Å². The first-order valence-electron chi connectivity index (χ1n) is 5.79. The molecule has 0 spiro atoms. The van der Waals surface area contributed by atoms with Gasteiger partial charge in [-0.25, -0.2) is 0 Å². The summed E-state index contributed by atoms with van der Waals surface area (Å²) in [5, 5.41) is 8.10. The van der Waals surface area contributed by atoms with E-state index in [9.17, 15) is 17.6 Å². The van der Waals surface area contributed by atoms with E-state index in [4.69, 9.17) is 5.26 Å². The van der Waals surface area contributed by atoms with Crippen molar-refractivity contribution in [3.8, 4) is 6.26 Å². The van der Waals surface area contributed by atoms with Crippen LogP contribution in [-0.4, -0.2) is 24.2 Å². The van der Waals surface area contributed by atoms with Gasteiger partial charge in [0.1, 0.15) is 5.60 Å². The zero-order valence-corrected chi connectivity index (χ0v) is 11.7. The van der Waals surface area contributed by atoms with Crippen LogP contribution in [0.3, 0.4) is 0 Å². The molecule has 0 heterocycles. The predicted octanol–water partition coefficient (Wildman–Crippen LogP) is 3.94. The van der Waals surface area contributed by atoms with Crippen LogP contribution in [0.5, 0.6) is 0 Å². The molecule has 0 amide bonds. The highest BCUT2D eigenvalue weighted by atomic mass is 19.3. The van der Waals surface area contributed by atoms with Crippen LogP contribution >= 0.6 is 0 Å². The first kappa shape index (κ1) is 18.0. The molecule has 3 nitrogen and oxygen atoms in total. The molecule has 0 aliphatic heterocycles. The number of nitrogens with zero attached hydrogens (tertiary/aromatic N) is 1. The second-order valence-corrected chi connectivity index (χ2v) is 5.45. The average molecular weight is 285 g/mol. The summed E-state index contributed by atoms with van der Waals surface area (Å²) in [6, 6.07) is 0. The van der Waals surface area contributed by atoms with Crippen LogP contribution in [0.2, 0.25) is 0 Å². The molecule has 7 heteroatoms. The Bertz CT molecular complexity index is 348. The highest BCUT2D eigenvalue weighted by Gasteiger charge is 2.58. The van der Waals surface area contributed by atoms with Crippen molar-refractivity contribution >= 4 is 0 Å². The maximum atomic E-state index is 13.9. The minimum absolute atomic E-state index is 0.0519. The first-order valence-corrected chi connectivity index (χ1v) is 5.79. The third kappa shape index (κ3) is 3.96. The number of rotatable bonds is 7. The molecule has 0 aromatic rings. The molecule has 0 N–H and O–H groups in total. The zero-order chi connectivity index (χ0) is 15.5. The standard InChI is InChI=1S/C12H19F4NO2/c1-6-9(2,3)12(15,16)19-10(4,5)11(13,14)7-18-8-17/h6-7H2,1-5H3. The van der Waals surface area contributed by atoms with Gasteiger partial charge in [-0.3, -0.25) is 0 Å². The van der Waals surface area contributed by atoms with Gasteiger partial charge in [0.05, 0.1) is 5.41 Å². The molecule has 0 aromatic carbocycles. The molecule has 0 saturated heterocycles. The van der Waals surface area contributed by atoms with Crippen LogP contribution in [0.25, 0.3) is 0 Å². The monoisotopic (exact) mass is 285 g/mol. The Morgan fingerprint density at radius 1 is 1.05 bits per heavy atom. The molecule has 112 valence electrons. The summed E-state index contributed by atoms with van der Waals surface area (Å²) < 4.78 is 63.4. The third-order valence-electron chi connectivity index (χ3n) is 3.25. The number of nitriles is 1. The fourth-order valence-electron chi connectivity index (χ4n) is 1.04. The molecular weight excluding hydrogens is 266 g/mol. The Balaban J connectivity index is 5.10. The van der Waals surface area contributed by atoms with Gasteiger partial charge in [-0.2, -0.15) is 22.8 Å². The van der Waals surface area contributed by atoms with Crippen molar-refractivity contribution in [1.82, 2.24) is 0 Å². The number of halogens is 4. The van der Waals surface area contributed by atoms with Crippen LogP contribution in [0.1, 0.15) is 41.0 Å².